The number of hydrogen-bond acceptors (Lipinski definition) is 4. The zero-order chi connectivity index (χ0) is 20.0. The van der Waals surface area contributed by atoms with Crippen molar-refractivity contribution in [1.82, 2.24) is 14.8 Å². The number of halogens is 4. The van der Waals surface area contributed by atoms with Gasteiger partial charge in [0.2, 0.25) is 5.91 Å². The van der Waals surface area contributed by atoms with Gasteiger partial charge in [0.05, 0.1) is 24.5 Å². The van der Waals surface area contributed by atoms with E-state index in [-0.39, 0.29) is 24.5 Å². The Morgan fingerprint density at radius 3 is 2.59 bits per heavy atom. The van der Waals surface area contributed by atoms with Gasteiger partial charge in [-0.15, -0.1) is 0 Å². The van der Waals surface area contributed by atoms with Gasteiger partial charge < -0.3 is 4.90 Å². The summed E-state index contributed by atoms with van der Waals surface area (Å²) in [5.74, 6) is -1.01. The first kappa shape index (κ1) is 20.9. The van der Waals surface area contributed by atoms with Gasteiger partial charge in [-0.1, -0.05) is 11.6 Å². The van der Waals surface area contributed by atoms with Gasteiger partial charge in [-0.05, 0) is 19.1 Å². The monoisotopic (exact) mass is 402 g/mol. The molecule has 0 saturated heterocycles. The molecule has 0 N–H and O–H groups in total. The molecule has 0 spiro atoms. The molecule has 0 aliphatic rings. The van der Waals surface area contributed by atoms with Crippen molar-refractivity contribution in [3.05, 3.63) is 35.9 Å². The minimum Gasteiger partial charge on any atom is -0.308 e. The molecule has 0 unspecified atom stereocenters. The molecule has 146 valence electrons. The number of amides is 1. The molecule has 1 amide bonds. The Morgan fingerprint density at radius 2 is 2.00 bits per heavy atom. The minimum absolute atomic E-state index is 0.0949. The third-order valence-corrected chi connectivity index (χ3v) is 4.04. The zero-order valence-electron chi connectivity index (χ0n) is 14.5. The van der Waals surface area contributed by atoms with Gasteiger partial charge in [-0.25, -0.2) is 4.68 Å². The summed E-state index contributed by atoms with van der Waals surface area (Å²) in [7, 11) is 0. The fourth-order valence-electron chi connectivity index (χ4n) is 2.41. The fraction of sp³-hybridized carbons (Fsp3) is 0.412. The van der Waals surface area contributed by atoms with Crippen molar-refractivity contribution in [2.75, 3.05) is 11.4 Å². The summed E-state index contributed by atoms with van der Waals surface area (Å²) >= 11 is 6.14. The smallest absolute Gasteiger partial charge is 0.308 e. The number of anilines is 1. The van der Waals surface area contributed by atoms with Crippen LogP contribution in [0.1, 0.15) is 32.6 Å². The fourth-order valence-corrected chi connectivity index (χ4v) is 2.65. The predicted octanol–water partition coefficient (Wildman–Crippen LogP) is 3.97. The zero-order valence-corrected chi connectivity index (χ0v) is 15.3. The SMILES string of the molecule is CCN(C(=O)CCC(=O)CCC(F)(F)F)c1cn(-c2cccnc2)nc1Cl. The van der Waals surface area contributed by atoms with Crippen molar-refractivity contribution in [2.45, 2.75) is 38.8 Å². The van der Waals surface area contributed by atoms with Gasteiger partial charge in [-0.3, -0.25) is 14.6 Å². The molecule has 0 aromatic carbocycles. The molecule has 2 aromatic rings. The summed E-state index contributed by atoms with van der Waals surface area (Å²) in [4.78, 5) is 29.3. The molecule has 2 heterocycles. The quantitative estimate of drug-likeness (QED) is 0.670. The number of Topliss-reactive ketones (excluding diaryl/α,β-unsaturated/α-hetero) is 1. The number of aromatic nitrogens is 3. The molecule has 2 aromatic heterocycles. The van der Waals surface area contributed by atoms with Crippen LogP contribution in [0.25, 0.3) is 5.69 Å². The summed E-state index contributed by atoms with van der Waals surface area (Å²) in [5.41, 5.74) is 1.01. The van der Waals surface area contributed by atoms with Crippen LogP contribution in [-0.2, 0) is 9.59 Å². The molecule has 0 saturated carbocycles. The molecule has 0 atom stereocenters. The second kappa shape index (κ2) is 8.98. The molecule has 0 aliphatic heterocycles. The van der Waals surface area contributed by atoms with Crippen molar-refractivity contribution < 1.29 is 22.8 Å². The van der Waals surface area contributed by atoms with E-state index in [2.05, 4.69) is 10.1 Å². The highest BCUT2D eigenvalue weighted by Gasteiger charge is 2.28. The van der Waals surface area contributed by atoms with Gasteiger partial charge in [0.25, 0.3) is 0 Å². The van der Waals surface area contributed by atoms with Gasteiger partial charge >= 0.3 is 6.18 Å². The van der Waals surface area contributed by atoms with E-state index in [0.29, 0.717) is 11.4 Å². The summed E-state index contributed by atoms with van der Waals surface area (Å²) in [6.45, 7) is 2.00. The van der Waals surface area contributed by atoms with Gasteiger partial charge in [-0.2, -0.15) is 18.3 Å². The summed E-state index contributed by atoms with van der Waals surface area (Å²) in [6, 6.07) is 3.48. The summed E-state index contributed by atoms with van der Waals surface area (Å²) in [6.07, 6.45) is -1.89. The van der Waals surface area contributed by atoms with Crippen molar-refractivity contribution in [1.29, 1.82) is 0 Å². The van der Waals surface area contributed by atoms with E-state index in [1.807, 2.05) is 0 Å². The Labute approximate surface area is 158 Å². The number of carbonyl (C=O) groups excluding carboxylic acids is 2. The van der Waals surface area contributed by atoms with Crippen molar-refractivity contribution in [3.63, 3.8) is 0 Å². The van der Waals surface area contributed by atoms with Crippen LogP contribution >= 0.6 is 11.6 Å². The molecule has 6 nitrogen and oxygen atoms in total. The molecular weight excluding hydrogens is 385 g/mol. The number of pyridine rings is 1. The molecule has 0 bridgehead atoms. The van der Waals surface area contributed by atoms with E-state index in [0.717, 1.165) is 0 Å². The topological polar surface area (TPSA) is 68.1 Å². The van der Waals surface area contributed by atoms with Crippen LogP contribution in [0, 0.1) is 0 Å². The highest BCUT2D eigenvalue weighted by atomic mass is 35.5. The summed E-state index contributed by atoms with van der Waals surface area (Å²) in [5, 5.41) is 4.23. The molecule has 0 aliphatic carbocycles. The maximum absolute atomic E-state index is 12.4. The summed E-state index contributed by atoms with van der Waals surface area (Å²) < 4.78 is 37.9. The van der Waals surface area contributed by atoms with E-state index in [9.17, 15) is 22.8 Å². The first-order chi connectivity index (χ1) is 12.7. The molecular formula is C17H18ClF3N4O2. The Morgan fingerprint density at radius 1 is 1.26 bits per heavy atom. The highest BCUT2D eigenvalue weighted by Crippen LogP contribution is 2.27. The second-order valence-electron chi connectivity index (χ2n) is 5.75. The minimum atomic E-state index is -4.39. The van der Waals surface area contributed by atoms with Gasteiger partial charge in [0, 0.05) is 32.0 Å². The van der Waals surface area contributed by atoms with Crippen LogP contribution in [-0.4, -0.2) is 39.2 Å². The lowest BCUT2D eigenvalue weighted by atomic mass is 10.1. The standard InChI is InChI=1S/C17H18ClF3N4O2/c1-2-24(15(27)6-5-13(26)7-8-17(19,20)21)14-11-25(23-16(14)18)12-4-3-9-22-10-12/h3-4,9-11H,2,5-8H2,1H3. The average Bonchev–Trinajstić information content (AvgIpc) is 3.00. The molecule has 0 radical (unpaired) electrons. The van der Waals surface area contributed by atoms with Crippen LogP contribution in [0.15, 0.2) is 30.7 Å². The lowest BCUT2D eigenvalue weighted by molar-refractivity contribution is -0.143. The van der Waals surface area contributed by atoms with Crippen LogP contribution < -0.4 is 4.90 Å². The number of hydrogen-bond donors (Lipinski definition) is 0. The Balaban J connectivity index is 2.03. The lowest BCUT2D eigenvalue weighted by Crippen LogP contribution is -2.30. The number of rotatable bonds is 8. The van der Waals surface area contributed by atoms with Crippen molar-refractivity contribution in [2.24, 2.45) is 0 Å². The highest BCUT2D eigenvalue weighted by molar-refractivity contribution is 6.32. The van der Waals surface area contributed by atoms with Crippen LogP contribution in [0.2, 0.25) is 5.15 Å². The largest absolute Gasteiger partial charge is 0.389 e. The lowest BCUT2D eigenvalue weighted by Gasteiger charge is -2.19. The molecule has 10 heteroatoms. The van der Waals surface area contributed by atoms with E-state index in [4.69, 9.17) is 11.6 Å². The maximum atomic E-state index is 12.4. The maximum Gasteiger partial charge on any atom is 0.389 e. The first-order valence-electron chi connectivity index (χ1n) is 8.25. The van der Waals surface area contributed by atoms with Crippen molar-refractivity contribution >= 4 is 29.0 Å². The van der Waals surface area contributed by atoms with Crippen LogP contribution in [0.3, 0.4) is 0 Å². The number of nitrogens with zero attached hydrogens (tertiary/aromatic N) is 4. The second-order valence-corrected chi connectivity index (χ2v) is 6.11. The van der Waals surface area contributed by atoms with E-state index < -0.39 is 30.7 Å². The van der Waals surface area contributed by atoms with Crippen LogP contribution in [0.4, 0.5) is 18.9 Å². The third-order valence-electron chi connectivity index (χ3n) is 3.78. The van der Waals surface area contributed by atoms with Crippen molar-refractivity contribution in [3.8, 4) is 5.69 Å². The van der Waals surface area contributed by atoms with Gasteiger partial charge in [0.15, 0.2) is 5.15 Å². The van der Waals surface area contributed by atoms with Gasteiger partial charge in [0.1, 0.15) is 11.5 Å². The van der Waals surface area contributed by atoms with Crippen LogP contribution in [0.5, 0.6) is 0 Å². The normalized spacial score (nSPS) is 11.4. The number of ketones is 1. The van der Waals surface area contributed by atoms with E-state index in [1.54, 1.807) is 37.6 Å². The molecule has 0 fully saturated rings. The Bertz CT molecular complexity index is 793. The average molecular weight is 403 g/mol. The first-order valence-corrected chi connectivity index (χ1v) is 8.63. The molecule has 2 rings (SSSR count). The number of carbonyl (C=O) groups is 2. The number of alkyl halides is 3. The Hall–Kier alpha value is -2.42. The van der Waals surface area contributed by atoms with E-state index >= 15 is 0 Å². The van der Waals surface area contributed by atoms with E-state index in [1.165, 1.54) is 9.58 Å². The predicted molar refractivity (Wildman–Crippen MR) is 93.9 cm³/mol. The molecule has 27 heavy (non-hydrogen) atoms. The Kier molecular flexibility index (Phi) is 6.95. The third kappa shape index (κ3) is 6.06.